The number of likely N-dealkylation sites (N-methyl/N-ethyl adjacent to an activating group) is 1. The number of rotatable bonds is 3. The molecule has 0 spiro atoms. The molecule has 3 aliphatic carbocycles. The highest BCUT2D eigenvalue weighted by molar-refractivity contribution is 5.89. The van der Waals surface area contributed by atoms with Crippen LogP contribution in [0.5, 0.6) is 5.75 Å². The quantitative estimate of drug-likeness (QED) is 0.781. The number of aliphatic hydroxyl groups is 1. The maximum Gasteiger partial charge on any atom is 0.246 e. The van der Waals surface area contributed by atoms with Crippen LogP contribution in [0.1, 0.15) is 51.5 Å². The van der Waals surface area contributed by atoms with E-state index in [0.29, 0.717) is 29.7 Å². The van der Waals surface area contributed by atoms with E-state index >= 15 is 0 Å². The third kappa shape index (κ3) is 3.08. The number of benzene rings is 1. The summed E-state index contributed by atoms with van der Waals surface area (Å²) in [5.41, 5.74) is 1.32. The number of methoxy groups -OCH3 is 1. The first-order chi connectivity index (χ1) is 14.8. The van der Waals surface area contributed by atoms with Crippen LogP contribution in [-0.4, -0.2) is 42.2 Å². The first-order valence-electron chi connectivity index (χ1n) is 12.0. The largest absolute Gasteiger partial charge is 0.497 e. The number of hydrogen-bond acceptors (Lipinski definition) is 3. The molecule has 1 heterocycles. The van der Waals surface area contributed by atoms with Gasteiger partial charge in [-0.1, -0.05) is 32.1 Å². The van der Waals surface area contributed by atoms with Gasteiger partial charge in [-0.05, 0) is 91.4 Å². The molecule has 31 heavy (non-hydrogen) atoms. The summed E-state index contributed by atoms with van der Waals surface area (Å²) in [5.74, 6) is 3.14. The van der Waals surface area contributed by atoms with Crippen molar-refractivity contribution < 1.29 is 14.6 Å². The van der Waals surface area contributed by atoms with Gasteiger partial charge >= 0.3 is 0 Å². The van der Waals surface area contributed by atoms with Gasteiger partial charge in [-0.15, -0.1) is 0 Å². The Balaban J connectivity index is 1.40. The summed E-state index contributed by atoms with van der Waals surface area (Å²) in [5, 5.41) is 11.5. The first-order valence-corrected chi connectivity index (χ1v) is 12.0. The van der Waals surface area contributed by atoms with Crippen molar-refractivity contribution in [1.29, 1.82) is 0 Å². The Labute approximate surface area is 186 Å². The van der Waals surface area contributed by atoms with E-state index in [1.165, 1.54) is 12.0 Å². The zero-order valence-electron chi connectivity index (χ0n) is 19.4. The highest BCUT2D eigenvalue weighted by Gasteiger charge is 2.62. The number of hydrogen-bond donors (Lipinski definition) is 1. The van der Waals surface area contributed by atoms with Crippen LogP contribution in [0.3, 0.4) is 0 Å². The molecule has 0 unspecified atom stereocenters. The molecule has 0 aromatic heterocycles. The van der Waals surface area contributed by atoms with Gasteiger partial charge in [-0.2, -0.15) is 0 Å². The lowest BCUT2D eigenvalue weighted by molar-refractivity contribution is -0.140. The normalized spacial score (nSPS) is 43.9. The predicted octanol–water partition coefficient (Wildman–Crippen LogP) is 4.46. The topological polar surface area (TPSA) is 49.8 Å². The Hall–Kier alpha value is -1.81. The van der Waals surface area contributed by atoms with Crippen LogP contribution < -0.4 is 4.74 Å². The lowest BCUT2D eigenvalue weighted by atomic mass is 9.48. The van der Waals surface area contributed by atoms with Gasteiger partial charge in [0, 0.05) is 18.5 Å². The second kappa shape index (κ2) is 7.37. The minimum atomic E-state index is -0.249. The molecular formula is C27H37NO3. The monoisotopic (exact) mass is 423 g/mol. The van der Waals surface area contributed by atoms with Crippen LogP contribution in [0, 0.1) is 34.5 Å². The molecule has 5 rings (SSSR count). The van der Waals surface area contributed by atoms with Gasteiger partial charge in [0.05, 0.1) is 13.2 Å². The Morgan fingerprint density at radius 2 is 2.00 bits per heavy atom. The molecule has 0 radical (unpaired) electrons. The lowest BCUT2D eigenvalue weighted by Crippen LogP contribution is -2.59. The molecule has 8 atom stereocenters. The molecule has 4 nitrogen and oxygen atoms in total. The van der Waals surface area contributed by atoms with E-state index in [0.717, 1.165) is 37.9 Å². The van der Waals surface area contributed by atoms with Gasteiger partial charge in [0.2, 0.25) is 5.91 Å². The Morgan fingerprint density at radius 3 is 2.77 bits per heavy atom. The summed E-state index contributed by atoms with van der Waals surface area (Å²) < 4.78 is 5.41. The van der Waals surface area contributed by atoms with Crippen LogP contribution in [0.2, 0.25) is 0 Å². The molecule has 4 heteroatoms. The fourth-order valence-electron chi connectivity index (χ4n) is 8.19. The molecule has 0 saturated heterocycles. The van der Waals surface area contributed by atoms with E-state index in [2.05, 4.69) is 38.1 Å². The summed E-state index contributed by atoms with van der Waals surface area (Å²) in [4.78, 5) is 14.3. The second-order valence-electron chi connectivity index (χ2n) is 11.2. The molecule has 0 bridgehead atoms. The molecular weight excluding hydrogens is 386 g/mol. The van der Waals surface area contributed by atoms with Crippen LogP contribution >= 0.6 is 0 Å². The van der Waals surface area contributed by atoms with E-state index in [-0.39, 0.29) is 22.8 Å². The number of ether oxygens (including phenoxy) is 1. The summed E-state index contributed by atoms with van der Waals surface area (Å²) in [6, 6.07) is 8.63. The van der Waals surface area contributed by atoms with Crippen molar-refractivity contribution in [2.24, 2.45) is 34.5 Å². The van der Waals surface area contributed by atoms with Crippen LogP contribution in [0.25, 0.3) is 0 Å². The third-order valence-electron chi connectivity index (χ3n) is 9.88. The zero-order valence-corrected chi connectivity index (χ0v) is 19.4. The van der Waals surface area contributed by atoms with Crippen LogP contribution in [-0.2, 0) is 11.2 Å². The molecule has 1 N–H and O–H groups in total. The molecule has 1 aromatic rings. The van der Waals surface area contributed by atoms with Gasteiger partial charge in [0.15, 0.2) is 0 Å². The maximum atomic E-state index is 12.3. The summed E-state index contributed by atoms with van der Waals surface area (Å²) >= 11 is 0. The van der Waals surface area contributed by atoms with Gasteiger partial charge in [0.1, 0.15) is 5.75 Å². The van der Waals surface area contributed by atoms with E-state index in [1.807, 2.05) is 24.1 Å². The van der Waals surface area contributed by atoms with E-state index in [4.69, 9.17) is 4.74 Å². The van der Waals surface area contributed by atoms with Gasteiger partial charge in [-0.25, -0.2) is 0 Å². The van der Waals surface area contributed by atoms with E-state index in [9.17, 15) is 9.90 Å². The highest BCUT2D eigenvalue weighted by Crippen LogP contribution is 2.65. The molecule has 3 fully saturated rings. The molecule has 4 aliphatic rings. The molecule has 168 valence electrons. The maximum absolute atomic E-state index is 12.3. The lowest BCUT2D eigenvalue weighted by Gasteiger charge is -2.60. The SMILES string of the molecule is COc1cccc(C[C@@H]2C[C@H]3[C@@H]4CC[C@H]5N(C)C(=O)C=C[C@]5(C)[C@H]4CC[C@]3(C)[C@H]2O)c1. The van der Waals surface area contributed by atoms with Crippen molar-refractivity contribution >= 4 is 5.91 Å². The Kier molecular flexibility index (Phi) is 5.00. The molecule has 1 aliphatic heterocycles. The van der Waals surface area contributed by atoms with Gasteiger partial charge < -0.3 is 14.7 Å². The fourth-order valence-corrected chi connectivity index (χ4v) is 8.19. The number of nitrogens with zero attached hydrogens (tertiary/aromatic N) is 1. The number of aliphatic hydroxyl groups excluding tert-OH is 1. The Bertz CT molecular complexity index is 896. The minimum Gasteiger partial charge on any atom is -0.497 e. The fraction of sp³-hybridized carbons (Fsp3) is 0.667. The summed E-state index contributed by atoms with van der Waals surface area (Å²) in [6.07, 6.45) is 10.3. The smallest absolute Gasteiger partial charge is 0.246 e. The van der Waals surface area contributed by atoms with Crippen molar-refractivity contribution in [2.75, 3.05) is 14.2 Å². The number of amides is 1. The van der Waals surface area contributed by atoms with Crippen molar-refractivity contribution in [2.45, 2.75) is 64.5 Å². The average molecular weight is 424 g/mol. The first kappa shape index (κ1) is 21.1. The van der Waals surface area contributed by atoms with Crippen molar-refractivity contribution in [1.82, 2.24) is 4.90 Å². The predicted molar refractivity (Wildman–Crippen MR) is 122 cm³/mol. The van der Waals surface area contributed by atoms with Gasteiger partial charge in [0.25, 0.3) is 0 Å². The average Bonchev–Trinajstić information content (AvgIpc) is 3.02. The summed E-state index contributed by atoms with van der Waals surface area (Å²) in [6.45, 7) is 4.74. The van der Waals surface area contributed by atoms with Crippen molar-refractivity contribution in [3.8, 4) is 5.75 Å². The van der Waals surface area contributed by atoms with Crippen molar-refractivity contribution in [3.05, 3.63) is 42.0 Å². The molecule has 3 saturated carbocycles. The molecule has 1 aromatic carbocycles. The van der Waals surface area contributed by atoms with Crippen molar-refractivity contribution in [3.63, 3.8) is 0 Å². The van der Waals surface area contributed by atoms with E-state index < -0.39 is 0 Å². The number of carbonyl (C=O) groups excluding carboxylic acids is 1. The number of carbonyl (C=O) groups is 1. The van der Waals surface area contributed by atoms with E-state index in [1.54, 1.807) is 7.11 Å². The van der Waals surface area contributed by atoms with Gasteiger partial charge in [-0.3, -0.25) is 4.79 Å². The van der Waals surface area contributed by atoms with Crippen LogP contribution in [0.15, 0.2) is 36.4 Å². The Morgan fingerprint density at radius 1 is 1.19 bits per heavy atom. The standard InChI is InChI=1S/C27H37NO3/c1-26-13-11-24(29)28(3)23(26)9-8-20-21(26)10-12-27(2)22(20)16-18(25(27)30)14-17-6-5-7-19(15-17)31-4/h5-7,11,13,15,18,20-23,25,30H,8-10,12,14,16H2,1-4H3/t18-,20-,21+,22+,23-,25+,26-,27+/m1/s1. The van der Waals surface area contributed by atoms with Crippen LogP contribution in [0.4, 0.5) is 0 Å². The highest BCUT2D eigenvalue weighted by atomic mass is 16.5. The second-order valence-corrected chi connectivity index (χ2v) is 11.2. The zero-order chi connectivity index (χ0) is 22.0. The number of fused-ring (bicyclic) bond motifs is 5. The molecule has 1 amide bonds. The summed E-state index contributed by atoms with van der Waals surface area (Å²) in [7, 11) is 3.69. The third-order valence-corrected chi connectivity index (χ3v) is 9.88. The minimum absolute atomic E-state index is 0.00794.